The lowest BCUT2D eigenvalue weighted by Crippen LogP contribution is -2.22. The summed E-state index contributed by atoms with van der Waals surface area (Å²) in [5.74, 6) is -1.03. The summed E-state index contributed by atoms with van der Waals surface area (Å²) in [5.41, 5.74) is 0. The smallest absolute Gasteiger partial charge is 0.290 e. The van der Waals surface area contributed by atoms with Gasteiger partial charge in [-0.3, -0.25) is 4.79 Å². The van der Waals surface area contributed by atoms with Gasteiger partial charge in [0.25, 0.3) is 0 Å². The molecular weight excluding hydrogens is 213 g/mol. The van der Waals surface area contributed by atoms with E-state index in [4.69, 9.17) is 0 Å². The van der Waals surface area contributed by atoms with Crippen LogP contribution in [0.2, 0.25) is 0 Å². The van der Waals surface area contributed by atoms with Crippen LogP contribution < -0.4 is 0 Å². The van der Waals surface area contributed by atoms with E-state index in [-0.39, 0.29) is 4.75 Å². The lowest BCUT2D eigenvalue weighted by Gasteiger charge is -2.17. The molecule has 0 saturated carbocycles. The highest BCUT2D eigenvalue weighted by Crippen LogP contribution is 2.25. The minimum atomic E-state index is -4.66. The van der Waals surface area contributed by atoms with Crippen molar-refractivity contribution in [3.05, 3.63) is 0 Å². The molecule has 0 heterocycles. The maximum Gasteiger partial charge on any atom is 0.449 e. The zero-order valence-electron chi connectivity index (χ0n) is 8.57. The van der Waals surface area contributed by atoms with Crippen LogP contribution >= 0.6 is 11.8 Å². The van der Waals surface area contributed by atoms with E-state index < -0.39 is 18.4 Å². The maximum atomic E-state index is 11.8. The van der Waals surface area contributed by atoms with Crippen LogP contribution in [-0.2, 0) is 4.79 Å². The molecule has 14 heavy (non-hydrogen) atoms. The Hall–Kier alpha value is -0.190. The van der Waals surface area contributed by atoms with Crippen molar-refractivity contribution < 1.29 is 18.0 Å². The Morgan fingerprint density at radius 1 is 1.21 bits per heavy atom. The van der Waals surface area contributed by atoms with Crippen LogP contribution in [0.15, 0.2) is 0 Å². The van der Waals surface area contributed by atoms with E-state index >= 15 is 0 Å². The summed E-state index contributed by atoms with van der Waals surface area (Å²) in [6, 6.07) is 0. The number of carbonyl (C=O) groups excluding carboxylic acids is 1. The summed E-state index contributed by atoms with van der Waals surface area (Å²) in [6.07, 6.45) is -4.76. The van der Waals surface area contributed by atoms with Gasteiger partial charge in [-0.15, -0.1) is 0 Å². The fraction of sp³-hybridized carbons (Fsp3) is 0.889. The second kappa shape index (κ2) is 5.05. The van der Waals surface area contributed by atoms with Crippen LogP contribution in [-0.4, -0.2) is 22.5 Å². The number of carbonyl (C=O) groups is 1. The van der Waals surface area contributed by atoms with Gasteiger partial charge in [-0.2, -0.15) is 24.9 Å². The van der Waals surface area contributed by atoms with Gasteiger partial charge in [-0.05, 0) is 12.2 Å². The van der Waals surface area contributed by atoms with Crippen molar-refractivity contribution in [1.29, 1.82) is 0 Å². The Morgan fingerprint density at radius 3 is 2.07 bits per heavy atom. The molecule has 0 aliphatic heterocycles. The minimum absolute atomic E-state index is 0.0429. The fourth-order valence-electron chi connectivity index (χ4n) is 0.753. The lowest BCUT2D eigenvalue weighted by molar-refractivity contribution is -0.171. The minimum Gasteiger partial charge on any atom is -0.290 e. The van der Waals surface area contributed by atoms with E-state index in [1.807, 2.05) is 20.8 Å². The number of Topliss-reactive ketones (excluding diaryl/α,β-unsaturated/α-hetero) is 1. The molecular formula is C9H15F3OS. The molecule has 5 heteroatoms. The zero-order valence-corrected chi connectivity index (χ0v) is 9.39. The standard InChI is InChI=1S/C9H15F3OS/c1-8(2,3)14-6-4-5-7(13)9(10,11)12/h4-6H2,1-3H3. The first kappa shape index (κ1) is 13.8. The summed E-state index contributed by atoms with van der Waals surface area (Å²) >= 11 is 1.57. The van der Waals surface area contributed by atoms with Gasteiger partial charge in [-0.1, -0.05) is 20.8 Å². The average Bonchev–Trinajstić information content (AvgIpc) is 1.93. The summed E-state index contributed by atoms with van der Waals surface area (Å²) in [7, 11) is 0. The molecule has 0 radical (unpaired) electrons. The third-order valence-corrected chi connectivity index (χ3v) is 2.76. The Balaban J connectivity index is 3.62. The van der Waals surface area contributed by atoms with Crippen LogP contribution in [0.25, 0.3) is 0 Å². The molecule has 0 N–H and O–H groups in total. The molecule has 0 aromatic rings. The molecule has 0 aromatic heterocycles. The van der Waals surface area contributed by atoms with Crippen molar-refractivity contribution in [2.45, 2.75) is 44.5 Å². The predicted molar refractivity (Wildman–Crippen MR) is 52.5 cm³/mol. The predicted octanol–water partition coefficient (Wildman–Crippen LogP) is 3.43. The van der Waals surface area contributed by atoms with Crippen molar-refractivity contribution in [1.82, 2.24) is 0 Å². The molecule has 0 spiro atoms. The Bertz CT molecular complexity index is 193. The van der Waals surface area contributed by atoms with Gasteiger partial charge in [-0.25, -0.2) is 0 Å². The number of ketones is 1. The van der Waals surface area contributed by atoms with Crippen molar-refractivity contribution in [2.75, 3.05) is 5.75 Å². The molecule has 0 atom stereocenters. The number of thioether (sulfide) groups is 1. The molecule has 0 aliphatic carbocycles. The quantitative estimate of drug-likeness (QED) is 0.686. The van der Waals surface area contributed by atoms with Gasteiger partial charge < -0.3 is 0 Å². The zero-order chi connectivity index (χ0) is 11.4. The largest absolute Gasteiger partial charge is 0.449 e. The van der Waals surface area contributed by atoms with Crippen molar-refractivity contribution in [3.63, 3.8) is 0 Å². The summed E-state index contributed by atoms with van der Waals surface area (Å²) in [5, 5.41) is 0. The van der Waals surface area contributed by atoms with Crippen molar-refractivity contribution in [3.8, 4) is 0 Å². The Labute approximate surface area is 86.4 Å². The van der Waals surface area contributed by atoms with Crippen LogP contribution in [0.5, 0.6) is 0 Å². The van der Waals surface area contributed by atoms with Crippen LogP contribution in [0, 0.1) is 0 Å². The summed E-state index contributed by atoms with van der Waals surface area (Å²) < 4.78 is 35.3. The molecule has 0 fully saturated rings. The van der Waals surface area contributed by atoms with Crippen LogP contribution in [0.4, 0.5) is 13.2 Å². The second-order valence-corrected chi connectivity index (χ2v) is 5.91. The number of rotatable bonds is 4. The van der Waals surface area contributed by atoms with Gasteiger partial charge in [0.05, 0.1) is 0 Å². The van der Waals surface area contributed by atoms with Crippen LogP contribution in [0.1, 0.15) is 33.6 Å². The number of alkyl halides is 3. The number of hydrogen-bond donors (Lipinski definition) is 0. The molecule has 0 unspecified atom stereocenters. The van der Waals surface area contributed by atoms with E-state index in [1.165, 1.54) is 0 Å². The molecule has 0 amide bonds. The van der Waals surface area contributed by atoms with E-state index in [1.54, 1.807) is 11.8 Å². The lowest BCUT2D eigenvalue weighted by atomic mass is 10.2. The highest BCUT2D eigenvalue weighted by molar-refractivity contribution is 8.00. The topological polar surface area (TPSA) is 17.1 Å². The Morgan fingerprint density at radius 2 is 1.71 bits per heavy atom. The van der Waals surface area contributed by atoms with E-state index in [0.717, 1.165) is 0 Å². The van der Waals surface area contributed by atoms with Gasteiger partial charge >= 0.3 is 6.18 Å². The molecule has 0 rings (SSSR count). The van der Waals surface area contributed by atoms with E-state index in [9.17, 15) is 18.0 Å². The fourth-order valence-corrected chi connectivity index (χ4v) is 1.65. The Kier molecular flexibility index (Phi) is 4.98. The van der Waals surface area contributed by atoms with Gasteiger partial charge in [0.15, 0.2) is 0 Å². The van der Waals surface area contributed by atoms with Crippen molar-refractivity contribution in [2.24, 2.45) is 0 Å². The maximum absolute atomic E-state index is 11.8. The average molecular weight is 228 g/mol. The molecule has 0 aliphatic rings. The van der Waals surface area contributed by atoms with Gasteiger partial charge in [0.2, 0.25) is 5.78 Å². The SMILES string of the molecule is CC(C)(C)SCCCC(=O)C(F)(F)F. The molecule has 0 saturated heterocycles. The van der Waals surface area contributed by atoms with E-state index in [2.05, 4.69) is 0 Å². The normalized spacial score (nSPS) is 13.0. The second-order valence-electron chi connectivity index (χ2n) is 3.99. The first-order chi connectivity index (χ1) is 6.13. The van der Waals surface area contributed by atoms with Gasteiger partial charge in [0, 0.05) is 11.2 Å². The van der Waals surface area contributed by atoms with E-state index in [0.29, 0.717) is 12.2 Å². The first-order valence-electron chi connectivity index (χ1n) is 4.37. The highest BCUT2D eigenvalue weighted by atomic mass is 32.2. The highest BCUT2D eigenvalue weighted by Gasteiger charge is 2.37. The van der Waals surface area contributed by atoms with Crippen molar-refractivity contribution >= 4 is 17.5 Å². The number of halogens is 3. The molecule has 84 valence electrons. The third-order valence-electron chi connectivity index (χ3n) is 1.40. The summed E-state index contributed by atoms with van der Waals surface area (Å²) in [6.45, 7) is 5.97. The molecule has 1 nitrogen and oxygen atoms in total. The third kappa shape index (κ3) is 7.24. The monoisotopic (exact) mass is 228 g/mol. The first-order valence-corrected chi connectivity index (χ1v) is 5.35. The number of hydrogen-bond acceptors (Lipinski definition) is 2. The molecule has 0 aromatic carbocycles. The van der Waals surface area contributed by atoms with Gasteiger partial charge in [0.1, 0.15) is 0 Å². The van der Waals surface area contributed by atoms with Crippen LogP contribution in [0.3, 0.4) is 0 Å². The summed E-state index contributed by atoms with van der Waals surface area (Å²) in [4.78, 5) is 10.5. The molecule has 0 bridgehead atoms.